The molecule has 3 aromatic carbocycles. The molecule has 3 aromatic rings. The first-order chi connectivity index (χ1) is 20.8. The predicted octanol–water partition coefficient (Wildman–Crippen LogP) is 12.1. The van der Waals surface area contributed by atoms with E-state index in [-0.39, 0.29) is 32.5 Å². The van der Waals surface area contributed by atoms with E-state index in [1.807, 2.05) is 0 Å². The molecule has 2 heteroatoms. The van der Waals surface area contributed by atoms with Gasteiger partial charge in [0, 0.05) is 0 Å². The molecule has 0 heterocycles. The van der Waals surface area contributed by atoms with Crippen LogP contribution < -0.4 is 7.16 Å². The molecule has 0 fully saturated rings. The first-order valence-corrected chi connectivity index (χ1v) is 22.0. The minimum absolute atomic E-state index is 0.0373. The van der Waals surface area contributed by atoms with Crippen molar-refractivity contribution in [2.45, 2.75) is 178 Å². The van der Waals surface area contributed by atoms with Crippen LogP contribution in [0.5, 0.6) is 0 Å². The van der Waals surface area contributed by atoms with Crippen molar-refractivity contribution in [2.24, 2.45) is 3.15 Å². The third-order valence-corrected chi connectivity index (χ3v) is 16.6. The van der Waals surface area contributed by atoms with E-state index in [1.165, 1.54) is 55.8 Å². The SMILES string of the molecule is Cc1cc(C)c([N]=[Sn]([c]2c(C(C)(C)C)cc(C(C)(C)C)cc2C(C)(C)C)[c]2c(C(C)(C)C)cc(C(C)(C)C)cc2C(C)(C)C)c(C)c1. The standard InChI is InChI=1S/2C18H29.C9H11N.Sn/c2*1-16(2,3)13-10-14(17(4,5)6)12-15(11-13)18(7,8)9;1-6-4-7(2)9(10)8(3)5-6;/h2*10-11H,1-9H3;4-5H,1-3H3;. The summed E-state index contributed by atoms with van der Waals surface area (Å²) >= 11 is -3.23. The van der Waals surface area contributed by atoms with E-state index in [0.29, 0.717) is 0 Å². The maximum atomic E-state index is 6.22. The van der Waals surface area contributed by atoms with Crippen LogP contribution in [0.15, 0.2) is 39.6 Å². The van der Waals surface area contributed by atoms with Crippen LogP contribution in [0.1, 0.15) is 175 Å². The molecule has 0 bridgehead atoms. The number of rotatable bonds is 3. The summed E-state index contributed by atoms with van der Waals surface area (Å²) in [5, 5.41) is 0. The first kappa shape index (κ1) is 39.7. The number of hydrogen-bond acceptors (Lipinski definition) is 1. The van der Waals surface area contributed by atoms with Crippen LogP contribution >= 0.6 is 0 Å². The van der Waals surface area contributed by atoms with E-state index >= 15 is 0 Å². The van der Waals surface area contributed by atoms with Crippen molar-refractivity contribution in [2.75, 3.05) is 0 Å². The molecule has 0 aliphatic rings. The van der Waals surface area contributed by atoms with Gasteiger partial charge in [-0.25, -0.2) is 0 Å². The second-order valence-electron chi connectivity index (χ2n) is 20.6. The van der Waals surface area contributed by atoms with E-state index < -0.39 is 19.6 Å². The fourth-order valence-electron chi connectivity index (χ4n) is 6.72. The molecule has 1 nitrogen and oxygen atoms in total. The summed E-state index contributed by atoms with van der Waals surface area (Å²) in [4.78, 5) is 0. The molecular formula is C45H69NSn. The second kappa shape index (κ2) is 12.9. The number of nitrogens with zero attached hydrogens (tertiary/aromatic N) is 1. The number of benzene rings is 3. The molecule has 0 atom stereocenters. The zero-order valence-corrected chi connectivity index (χ0v) is 37.3. The minimum atomic E-state index is -3.23. The molecule has 0 aliphatic carbocycles. The maximum absolute atomic E-state index is 6.22. The van der Waals surface area contributed by atoms with Crippen LogP contribution in [0.2, 0.25) is 0 Å². The molecule has 258 valence electrons. The van der Waals surface area contributed by atoms with E-state index in [4.69, 9.17) is 3.15 Å². The van der Waals surface area contributed by atoms with Gasteiger partial charge in [-0.3, -0.25) is 0 Å². The summed E-state index contributed by atoms with van der Waals surface area (Å²) in [5.74, 6) is 0. The van der Waals surface area contributed by atoms with Crippen LogP contribution in [-0.2, 0) is 32.5 Å². The van der Waals surface area contributed by atoms with Gasteiger partial charge in [-0.1, -0.05) is 0 Å². The Hall–Kier alpha value is -1.74. The van der Waals surface area contributed by atoms with Crippen LogP contribution in [0.3, 0.4) is 0 Å². The molecule has 3 rings (SSSR count). The summed E-state index contributed by atoms with van der Waals surface area (Å²) in [6.45, 7) is 50.0. The molecule has 0 amide bonds. The van der Waals surface area contributed by atoms with E-state index in [1.54, 1.807) is 7.16 Å². The third-order valence-electron chi connectivity index (χ3n) is 9.57. The van der Waals surface area contributed by atoms with Gasteiger partial charge in [-0.15, -0.1) is 0 Å². The Labute approximate surface area is 298 Å². The third kappa shape index (κ3) is 8.90. The van der Waals surface area contributed by atoms with Crippen molar-refractivity contribution in [3.05, 3.63) is 86.5 Å². The fourth-order valence-corrected chi connectivity index (χ4v) is 17.7. The molecule has 47 heavy (non-hydrogen) atoms. The number of aryl methyl sites for hydroxylation is 3. The Balaban J connectivity index is 2.89. The van der Waals surface area contributed by atoms with Gasteiger partial charge in [0.25, 0.3) is 0 Å². The van der Waals surface area contributed by atoms with Gasteiger partial charge < -0.3 is 0 Å². The second-order valence-corrected chi connectivity index (χ2v) is 26.1. The molecule has 0 saturated heterocycles. The van der Waals surface area contributed by atoms with Gasteiger partial charge in [0.05, 0.1) is 0 Å². The number of hydrogen-bond donors (Lipinski definition) is 0. The van der Waals surface area contributed by atoms with E-state index in [0.717, 1.165) is 0 Å². The average molecular weight is 743 g/mol. The normalized spacial score (nSPS) is 13.6. The molecule has 0 unspecified atom stereocenters. The van der Waals surface area contributed by atoms with Crippen molar-refractivity contribution in [3.8, 4) is 0 Å². The van der Waals surface area contributed by atoms with Crippen LogP contribution in [-0.4, -0.2) is 19.6 Å². The summed E-state index contributed by atoms with van der Waals surface area (Å²) in [7, 11) is 0. The van der Waals surface area contributed by atoms with Crippen molar-refractivity contribution >= 4 is 32.4 Å². The van der Waals surface area contributed by atoms with Gasteiger partial charge >= 0.3 is 300 Å². The average Bonchev–Trinajstić information content (AvgIpc) is 2.83. The zero-order chi connectivity index (χ0) is 36.5. The Bertz CT molecular complexity index is 1480. The quantitative estimate of drug-likeness (QED) is 0.237. The summed E-state index contributed by atoms with van der Waals surface area (Å²) in [6, 6.07) is 15.0. The van der Waals surface area contributed by atoms with Crippen molar-refractivity contribution < 1.29 is 0 Å². The Morgan fingerprint density at radius 1 is 0.383 bits per heavy atom. The van der Waals surface area contributed by atoms with E-state index in [9.17, 15) is 0 Å². The van der Waals surface area contributed by atoms with Gasteiger partial charge in [-0.05, 0) is 0 Å². The van der Waals surface area contributed by atoms with E-state index in [2.05, 4.69) is 182 Å². The van der Waals surface area contributed by atoms with Crippen molar-refractivity contribution in [1.82, 2.24) is 0 Å². The molecular weight excluding hydrogens is 673 g/mol. The van der Waals surface area contributed by atoms with Crippen molar-refractivity contribution in [3.63, 3.8) is 0 Å². The van der Waals surface area contributed by atoms with Crippen LogP contribution in [0, 0.1) is 20.8 Å². The summed E-state index contributed by atoms with van der Waals surface area (Å²) in [5.41, 5.74) is 13.9. The van der Waals surface area contributed by atoms with Gasteiger partial charge in [-0.2, -0.15) is 0 Å². The molecule has 0 saturated carbocycles. The predicted molar refractivity (Wildman–Crippen MR) is 213 cm³/mol. The Morgan fingerprint density at radius 3 is 0.851 bits per heavy atom. The molecule has 0 spiro atoms. The Morgan fingerprint density at radius 2 is 0.638 bits per heavy atom. The summed E-state index contributed by atoms with van der Waals surface area (Å²) < 4.78 is 9.38. The van der Waals surface area contributed by atoms with Gasteiger partial charge in [0.15, 0.2) is 0 Å². The first-order valence-electron chi connectivity index (χ1n) is 17.9. The Kier molecular flexibility index (Phi) is 10.9. The molecule has 0 aromatic heterocycles. The molecule has 0 aliphatic heterocycles. The van der Waals surface area contributed by atoms with Crippen LogP contribution in [0.4, 0.5) is 5.69 Å². The van der Waals surface area contributed by atoms with Crippen molar-refractivity contribution in [1.29, 1.82) is 0 Å². The van der Waals surface area contributed by atoms with Gasteiger partial charge in [0.2, 0.25) is 0 Å². The molecule has 0 radical (unpaired) electrons. The zero-order valence-electron chi connectivity index (χ0n) is 34.4. The van der Waals surface area contributed by atoms with Crippen LogP contribution in [0.25, 0.3) is 0 Å². The topological polar surface area (TPSA) is 12.4 Å². The molecule has 0 N–H and O–H groups in total. The monoisotopic (exact) mass is 743 g/mol. The van der Waals surface area contributed by atoms with Gasteiger partial charge in [0.1, 0.15) is 0 Å². The summed E-state index contributed by atoms with van der Waals surface area (Å²) in [6.07, 6.45) is 0. The fraction of sp³-hybridized carbons (Fsp3) is 0.600.